The Balaban J connectivity index is 0.00000208. The Hall–Kier alpha value is -1.80. The van der Waals surface area contributed by atoms with Crippen molar-refractivity contribution in [2.24, 2.45) is 5.92 Å². The van der Waals surface area contributed by atoms with Crippen molar-refractivity contribution in [2.45, 2.75) is 47.6 Å². The summed E-state index contributed by atoms with van der Waals surface area (Å²) in [6.07, 6.45) is 3.13. The summed E-state index contributed by atoms with van der Waals surface area (Å²) >= 11 is 0. The quantitative estimate of drug-likeness (QED) is 0.560. The summed E-state index contributed by atoms with van der Waals surface area (Å²) < 4.78 is 2.47. The lowest BCUT2D eigenvalue weighted by Gasteiger charge is -2.13. The molecule has 0 fully saturated rings. The van der Waals surface area contributed by atoms with Crippen molar-refractivity contribution in [2.75, 3.05) is 0 Å². The standard InChI is InChI=1S/C21H26N2.ClH/c1-14(2)11-13-23-17(5)16(4)19-10-12-22-20(21(19)23)18-8-6-15(3)7-9-18;/h6-10,12,14H,11,13H2,1-5H3;1H. The largest absolute Gasteiger partial charge is 0.343 e. The van der Waals surface area contributed by atoms with Crippen LogP contribution in [0.5, 0.6) is 0 Å². The molecule has 0 aliphatic rings. The van der Waals surface area contributed by atoms with E-state index in [9.17, 15) is 0 Å². The van der Waals surface area contributed by atoms with Crippen LogP contribution in [0.25, 0.3) is 22.2 Å². The molecule has 0 aliphatic carbocycles. The zero-order chi connectivity index (χ0) is 16.6. The van der Waals surface area contributed by atoms with Gasteiger partial charge < -0.3 is 4.57 Å². The summed E-state index contributed by atoms with van der Waals surface area (Å²) in [7, 11) is 0. The van der Waals surface area contributed by atoms with E-state index in [0.717, 1.165) is 12.2 Å². The van der Waals surface area contributed by atoms with Gasteiger partial charge in [0.25, 0.3) is 0 Å². The summed E-state index contributed by atoms with van der Waals surface area (Å²) in [6, 6.07) is 10.8. The second kappa shape index (κ2) is 7.40. The van der Waals surface area contributed by atoms with E-state index in [2.05, 4.69) is 69.5 Å². The van der Waals surface area contributed by atoms with Crippen molar-refractivity contribution >= 4 is 23.3 Å². The average molecular weight is 343 g/mol. The molecule has 0 saturated carbocycles. The van der Waals surface area contributed by atoms with Gasteiger partial charge in [0.05, 0.1) is 11.2 Å². The molecule has 0 radical (unpaired) electrons. The topological polar surface area (TPSA) is 17.8 Å². The summed E-state index contributed by atoms with van der Waals surface area (Å²) in [6.45, 7) is 12.2. The smallest absolute Gasteiger partial charge is 0.0944 e. The molecule has 24 heavy (non-hydrogen) atoms. The second-order valence-corrected chi connectivity index (χ2v) is 6.97. The Morgan fingerprint density at radius 1 is 1.00 bits per heavy atom. The predicted molar refractivity (Wildman–Crippen MR) is 106 cm³/mol. The molecule has 0 unspecified atom stereocenters. The van der Waals surface area contributed by atoms with Gasteiger partial charge in [-0.25, -0.2) is 0 Å². The minimum atomic E-state index is 0. The minimum Gasteiger partial charge on any atom is -0.343 e. The van der Waals surface area contributed by atoms with Crippen LogP contribution < -0.4 is 0 Å². The molecule has 0 atom stereocenters. The van der Waals surface area contributed by atoms with Gasteiger partial charge in [0.1, 0.15) is 0 Å². The first-order chi connectivity index (χ1) is 11.0. The van der Waals surface area contributed by atoms with Crippen LogP contribution in [0.15, 0.2) is 36.5 Å². The lowest BCUT2D eigenvalue weighted by atomic mass is 10.1. The van der Waals surface area contributed by atoms with Crippen LogP contribution in [-0.4, -0.2) is 9.55 Å². The maximum absolute atomic E-state index is 4.73. The summed E-state index contributed by atoms with van der Waals surface area (Å²) in [5, 5.41) is 1.33. The molecule has 2 nitrogen and oxygen atoms in total. The highest BCUT2D eigenvalue weighted by molar-refractivity contribution is 5.95. The van der Waals surface area contributed by atoms with Gasteiger partial charge in [-0.05, 0) is 44.7 Å². The Labute approximate surface area is 151 Å². The van der Waals surface area contributed by atoms with Crippen LogP contribution in [0.2, 0.25) is 0 Å². The number of benzene rings is 1. The number of rotatable bonds is 4. The molecule has 0 amide bonds. The van der Waals surface area contributed by atoms with Gasteiger partial charge >= 0.3 is 0 Å². The monoisotopic (exact) mass is 342 g/mol. The normalized spacial score (nSPS) is 11.1. The first-order valence-electron chi connectivity index (χ1n) is 8.50. The van der Waals surface area contributed by atoms with Crippen molar-refractivity contribution in [1.82, 2.24) is 9.55 Å². The molecule has 0 N–H and O–H groups in total. The van der Waals surface area contributed by atoms with E-state index in [1.54, 1.807) is 0 Å². The molecule has 1 aromatic carbocycles. The van der Waals surface area contributed by atoms with Crippen LogP contribution in [0, 0.1) is 26.7 Å². The van der Waals surface area contributed by atoms with Gasteiger partial charge in [-0.3, -0.25) is 4.98 Å². The van der Waals surface area contributed by atoms with E-state index in [1.165, 1.54) is 39.7 Å². The van der Waals surface area contributed by atoms with Crippen molar-refractivity contribution < 1.29 is 0 Å². The van der Waals surface area contributed by atoms with Gasteiger partial charge in [0, 0.05) is 29.4 Å². The first kappa shape index (κ1) is 18.5. The van der Waals surface area contributed by atoms with E-state index in [0.29, 0.717) is 5.92 Å². The van der Waals surface area contributed by atoms with Crippen molar-refractivity contribution in [3.05, 3.63) is 53.3 Å². The molecule has 3 rings (SSSR count). The number of hydrogen-bond donors (Lipinski definition) is 0. The molecule has 3 heteroatoms. The number of halogens is 1. The maximum Gasteiger partial charge on any atom is 0.0944 e. The molecule has 0 spiro atoms. The average Bonchev–Trinajstić information content (AvgIpc) is 2.78. The van der Waals surface area contributed by atoms with Gasteiger partial charge in [0.2, 0.25) is 0 Å². The number of pyridine rings is 1. The van der Waals surface area contributed by atoms with Gasteiger partial charge in [-0.2, -0.15) is 0 Å². The van der Waals surface area contributed by atoms with E-state index >= 15 is 0 Å². The lowest BCUT2D eigenvalue weighted by Crippen LogP contribution is -2.04. The zero-order valence-electron chi connectivity index (χ0n) is 15.3. The van der Waals surface area contributed by atoms with E-state index in [4.69, 9.17) is 4.98 Å². The number of nitrogens with zero attached hydrogens (tertiary/aromatic N) is 2. The Kier molecular flexibility index (Phi) is 5.71. The first-order valence-corrected chi connectivity index (χ1v) is 8.50. The molecule has 3 aromatic rings. The fraction of sp³-hybridized carbons (Fsp3) is 0.381. The van der Waals surface area contributed by atoms with Crippen molar-refractivity contribution in [3.63, 3.8) is 0 Å². The number of hydrogen-bond acceptors (Lipinski definition) is 1. The SMILES string of the molecule is Cc1ccc(-c2nccc3c(C)c(C)n(CCC(C)C)c23)cc1.Cl. The number of fused-ring (bicyclic) bond motifs is 1. The lowest BCUT2D eigenvalue weighted by molar-refractivity contribution is 0.519. The summed E-state index contributed by atoms with van der Waals surface area (Å²) in [5.41, 5.74) is 7.60. The van der Waals surface area contributed by atoms with Crippen LogP contribution in [-0.2, 0) is 6.54 Å². The van der Waals surface area contributed by atoms with Gasteiger partial charge in [-0.15, -0.1) is 12.4 Å². The fourth-order valence-corrected chi connectivity index (χ4v) is 3.18. The van der Waals surface area contributed by atoms with Crippen molar-refractivity contribution in [1.29, 1.82) is 0 Å². The third-order valence-corrected chi connectivity index (χ3v) is 4.80. The van der Waals surface area contributed by atoms with Crippen LogP contribution in [0.1, 0.15) is 37.1 Å². The highest BCUT2D eigenvalue weighted by atomic mass is 35.5. The number of aryl methyl sites for hydroxylation is 3. The Morgan fingerprint density at radius 3 is 2.29 bits per heavy atom. The highest BCUT2D eigenvalue weighted by Crippen LogP contribution is 2.32. The third kappa shape index (κ3) is 3.34. The summed E-state index contributed by atoms with van der Waals surface area (Å²) in [4.78, 5) is 4.73. The van der Waals surface area contributed by atoms with Gasteiger partial charge in [0.15, 0.2) is 0 Å². The fourth-order valence-electron chi connectivity index (χ4n) is 3.18. The van der Waals surface area contributed by atoms with Crippen LogP contribution in [0.4, 0.5) is 0 Å². The predicted octanol–water partition coefficient (Wildman–Crippen LogP) is 6.10. The van der Waals surface area contributed by atoms with Gasteiger partial charge in [-0.1, -0.05) is 43.7 Å². The zero-order valence-corrected chi connectivity index (χ0v) is 16.1. The van der Waals surface area contributed by atoms with E-state index in [-0.39, 0.29) is 12.4 Å². The van der Waals surface area contributed by atoms with E-state index < -0.39 is 0 Å². The molecular formula is C21H27ClN2. The maximum atomic E-state index is 4.73. The van der Waals surface area contributed by atoms with E-state index in [1.807, 2.05) is 6.20 Å². The molecule has 0 aliphatic heterocycles. The highest BCUT2D eigenvalue weighted by Gasteiger charge is 2.16. The molecule has 0 saturated heterocycles. The Morgan fingerprint density at radius 2 is 1.67 bits per heavy atom. The van der Waals surface area contributed by atoms with Crippen LogP contribution >= 0.6 is 12.4 Å². The number of aromatic nitrogens is 2. The molecule has 128 valence electrons. The summed E-state index contributed by atoms with van der Waals surface area (Å²) in [5.74, 6) is 0.701. The molecular weight excluding hydrogens is 316 g/mol. The third-order valence-electron chi connectivity index (χ3n) is 4.80. The second-order valence-electron chi connectivity index (χ2n) is 6.97. The molecule has 0 bridgehead atoms. The molecule has 2 aromatic heterocycles. The van der Waals surface area contributed by atoms with Crippen molar-refractivity contribution in [3.8, 4) is 11.3 Å². The minimum absolute atomic E-state index is 0. The Bertz CT molecular complexity index is 829. The van der Waals surface area contributed by atoms with Crippen LogP contribution in [0.3, 0.4) is 0 Å². The molecule has 2 heterocycles.